The molecule has 0 saturated carbocycles. The first-order valence-corrected chi connectivity index (χ1v) is 6.28. The molecule has 4 heteroatoms. The summed E-state index contributed by atoms with van der Waals surface area (Å²) >= 11 is 0. The van der Waals surface area contributed by atoms with Crippen molar-refractivity contribution in [2.24, 2.45) is 0 Å². The van der Waals surface area contributed by atoms with Crippen LogP contribution in [0.15, 0.2) is 42.5 Å². The van der Waals surface area contributed by atoms with Crippen LogP contribution in [0.5, 0.6) is 5.75 Å². The second-order valence-corrected chi connectivity index (χ2v) is 4.55. The van der Waals surface area contributed by atoms with E-state index in [1.807, 2.05) is 42.3 Å². The van der Waals surface area contributed by atoms with Gasteiger partial charge in [-0.25, -0.2) is 0 Å². The highest BCUT2D eigenvalue weighted by Crippen LogP contribution is 2.26. The van der Waals surface area contributed by atoms with Gasteiger partial charge in [0.2, 0.25) is 0 Å². The molecule has 0 aromatic heterocycles. The summed E-state index contributed by atoms with van der Waals surface area (Å²) in [4.78, 5) is 1.99. The lowest BCUT2D eigenvalue weighted by Gasteiger charge is -2.22. The zero-order chi connectivity index (χ0) is 14.5. The van der Waals surface area contributed by atoms with Crippen LogP contribution in [0.1, 0.15) is 11.1 Å². The predicted molar refractivity (Wildman–Crippen MR) is 80.7 cm³/mol. The van der Waals surface area contributed by atoms with Gasteiger partial charge in [0.25, 0.3) is 0 Å². The number of hydrogen-bond donors (Lipinski definition) is 1. The SMILES string of the molecule is COc1ccc(C#N)c(N(C)Cc2ccccc2N)c1. The molecule has 0 bridgehead atoms. The van der Waals surface area contributed by atoms with E-state index < -0.39 is 0 Å². The summed E-state index contributed by atoms with van der Waals surface area (Å²) in [5, 5.41) is 9.21. The predicted octanol–water partition coefficient (Wildman–Crippen LogP) is 2.79. The van der Waals surface area contributed by atoms with E-state index in [4.69, 9.17) is 10.5 Å². The molecule has 2 rings (SSSR count). The Hall–Kier alpha value is -2.67. The third kappa shape index (κ3) is 2.83. The topological polar surface area (TPSA) is 62.3 Å². The van der Waals surface area contributed by atoms with Crippen LogP contribution in [-0.4, -0.2) is 14.2 Å². The molecule has 0 atom stereocenters. The molecule has 0 saturated heterocycles. The number of para-hydroxylation sites is 1. The number of anilines is 2. The van der Waals surface area contributed by atoms with E-state index >= 15 is 0 Å². The van der Waals surface area contributed by atoms with E-state index in [1.54, 1.807) is 19.2 Å². The van der Waals surface area contributed by atoms with Crippen LogP contribution in [0.2, 0.25) is 0 Å². The molecule has 20 heavy (non-hydrogen) atoms. The minimum absolute atomic E-state index is 0.614. The van der Waals surface area contributed by atoms with Gasteiger partial charge in [0, 0.05) is 25.3 Å². The zero-order valence-electron chi connectivity index (χ0n) is 11.6. The van der Waals surface area contributed by atoms with E-state index in [0.717, 1.165) is 22.7 Å². The summed E-state index contributed by atoms with van der Waals surface area (Å²) in [7, 11) is 3.54. The number of benzene rings is 2. The fourth-order valence-corrected chi connectivity index (χ4v) is 2.07. The van der Waals surface area contributed by atoms with E-state index in [9.17, 15) is 5.26 Å². The third-order valence-corrected chi connectivity index (χ3v) is 3.20. The summed E-state index contributed by atoms with van der Waals surface area (Å²) in [5.74, 6) is 0.729. The summed E-state index contributed by atoms with van der Waals surface area (Å²) in [6, 6.07) is 15.3. The number of nitrogen functional groups attached to an aromatic ring is 1. The van der Waals surface area contributed by atoms with Gasteiger partial charge in [-0.2, -0.15) is 5.26 Å². The molecule has 0 radical (unpaired) electrons. The standard InChI is InChI=1S/C16H17N3O/c1-19(11-13-5-3-4-6-15(13)18)16-9-14(20-2)8-7-12(16)10-17/h3-9H,11,18H2,1-2H3. The number of ether oxygens (including phenoxy) is 1. The molecule has 0 aliphatic carbocycles. The highest BCUT2D eigenvalue weighted by molar-refractivity contribution is 5.62. The second kappa shape index (κ2) is 5.98. The fraction of sp³-hybridized carbons (Fsp3) is 0.188. The van der Waals surface area contributed by atoms with Crippen LogP contribution in [0, 0.1) is 11.3 Å². The molecular formula is C16H17N3O. The molecule has 0 spiro atoms. The Balaban J connectivity index is 2.31. The Morgan fingerprint density at radius 2 is 2.00 bits per heavy atom. The lowest BCUT2D eigenvalue weighted by molar-refractivity contribution is 0.415. The number of nitrogens with zero attached hydrogens (tertiary/aromatic N) is 2. The maximum Gasteiger partial charge on any atom is 0.121 e. The minimum atomic E-state index is 0.614. The monoisotopic (exact) mass is 267 g/mol. The average molecular weight is 267 g/mol. The van der Waals surface area contributed by atoms with Crippen LogP contribution in [0.25, 0.3) is 0 Å². The molecular weight excluding hydrogens is 250 g/mol. The summed E-state index contributed by atoms with van der Waals surface area (Å²) in [6.45, 7) is 0.633. The van der Waals surface area contributed by atoms with Gasteiger partial charge in [-0.05, 0) is 23.8 Å². The number of nitrogens with two attached hydrogens (primary N) is 1. The zero-order valence-corrected chi connectivity index (χ0v) is 11.6. The van der Waals surface area contributed by atoms with Crippen LogP contribution in [0.4, 0.5) is 11.4 Å². The van der Waals surface area contributed by atoms with Crippen LogP contribution in [-0.2, 0) is 6.54 Å². The van der Waals surface area contributed by atoms with Crippen molar-refractivity contribution >= 4 is 11.4 Å². The molecule has 102 valence electrons. The van der Waals surface area contributed by atoms with E-state index in [-0.39, 0.29) is 0 Å². The maximum absolute atomic E-state index is 9.21. The number of hydrogen-bond acceptors (Lipinski definition) is 4. The first-order chi connectivity index (χ1) is 9.65. The molecule has 0 fully saturated rings. The Kier molecular flexibility index (Phi) is 4.11. The van der Waals surface area contributed by atoms with Crippen molar-refractivity contribution < 1.29 is 4.74 Å². The van der Waals surface area contributed by atoms with Crippen molar-refractivity contribution in [1.29, 1.82) is 5.26 Å². The van der Waals surface area contributed by atoms with Gasteiger partial charge in [-0.15, -0.1) is 0 Å². The van der Waals surface area contributed by atoms with E-state index in [2.05, 4.69) is 6.07 Å². The van der Waals surface area contributed by atoms with Crippen molar-refractivity contribution in [2.75, 3.05) is 24.8 Å². The Morgan fingerprint density at radius 3 is 2.65 bits per heavy atom. The molecule has 2 aromatic carbocycles. The highest BCUT2D eigenvalue weighted by Gasteiger charge is 2.10. The van der Waals surface area contributed by atoms with Gasteiger partial charge in [-0.3, -0.25) is 0 Å². The Bertz CT molecular complexity index is 646. The Morgan fingerprint density at radius 1 is 1.25 bits per heavy atom. The molecule has 0 unspecified atom stereocenters. The normalized spacial score (nSPS) is 9.85. The lowest BCUT2D eigenvalue weighted by atomic mass is 10.1. The third-order valence-electron chi connectivity index (χ3n) is 3.20. The van der Waals surface area contributed by atoms with Crippen LogP contribution < -0.4 is 15.4 Å². The van der Waals surface area contributed by atoms with Crippen molar-refractivity contribution in [2.45, 2.75) is 6.54 Å². The summed E-state index contributed by atoms with van der Waals surface area (Å²) in [6.07, 6.45) is 0. The average Bonchev–Trinajstić information content (AvgIpc) is 2.48. The van der Waals surface area contributed by atoms with Crippen molar-refractivity contribution in [3.05, 3.63) is 53.6 Å². The number of rotatable bonds is 4. The van der Waals surface area contributed by atoms with Crippen molar-refractivity contribution in [3.63, 3.8) is 0 Å². The molecule has 0 aliphatic rings. The van der Waals surface area contributed by atoms with E-state index in [0.29, 0.717) is 12.1 Å². The van der Waals surface area contributed by atoms with Gasteiger partial charge >= 0.3 is 0 Å². The quantitative estimate of drug-likeness (QED) is 0.865. The molecule has 0 heterocycles. The molecule has 0 amide bonds. The van der Waals surface area contributed by atoms with Gasteiger partial charge in [-0.1, -0.05) is 18.2 Å². The fourth-order valence-electron chi connectivity index (χ4n) is 2.07. The summed E-state index contributed by atoms with van der Waals surface area (Å²) in [5.41, 5.74) is 9.18. The maximum atomic E-state index is 9.21. The smallest absolute Gasteiger partial charge is 0.121 e. The van der Waals surface area contributed by atoms with Crippen molar-refractivity contribution in [3.8, 4) is 11.8 Å². The van der Waals surface area contributed by atoms with Gasteiger partial charge in [0.05, 0.1) is 18.4 Å². The largest absolute Gasteiger partial charge is 0.497 e. The van der Waals surface area contributed by atoms with Gasteiger partial charge < -0.3 is 15.4 Å². The lowest BCUT2D eigenvalue weighted by Crippen LogP contribution is -2.18. The van der Waals surface area contributed by atoms with Crippen molar-refractivity contribution in [1.82, 2.24) is 0 Å². The number of methoxy groups -OCH3 is 1. The first kappa shape index (κ1) is 13.8. The molecule has 0 aliphatic heterocycles. The summed E-state index contributed by atoms with van der Waals surface area (Å²) < 4.78 is 5.22. The minimum Gasteiger partial charge on any atom is -0.497 e. The molecule has 4 nitrogen and oxygen atoms in total. The molecule has 2 N–H and O–H groups in total. The van der Waals surface area contributed by atoms with Crippen LogP contribution in [0.3, 0.4) is 0 Å². The first-order valence-electron chi connectivity index (χ1n) is 6.28. The second-order valence-electron chi connectivity index (χ2n) is 4.55. The Labute approximate surface area is 119 Å². The van der Waals surface area contributed by atoms with Crippen LogP contribution >= 0.6 is 0 Å². The van der Waals surface area contributed by atoms with E-state index in [1.165, 1.54) is 0 Å². The number of nitriles is 1. The molecule has 2 aromatic rings. The van der Waals surface area contributed by atoms with Gasteiger partial charge in [0.1, 0.15) is 11.8 Å². The van der Waals surface area contributed by atoms with Gasteiger partial charge in [0.15, 0.2) is 0 Å². The highest BCUT2D eigenvalue weighted by atomic mass is 16.5.